The van der Waals surface area contributed by atoms with Gasteiger partial charge in [0.05, 0.1) is 11.7 Å². The molecule has 0 bridgehead atoms. The number of nitrogens with zero attached hydrogens (tertiary/aromatic N) is 3. The van der Waals surface area contributed by atoms with Crippen molar-refractivity contribution in [3.05, 3.63) is 35.9 Å². The lowest BCUT2D eigenvalue weighted by atomic mass is 10.1. The molecule has 2 aromatic rings. The van der Waals surface area contributed by atoms with Crippen molar-refractivity contribution in [2.24, 2.45) is 5.73 Å². The topological polar surface area (TPSA) is 46.6 Å². The lowest BCUT2D eigenvalue weighted by molar-refractivity contribution is 0.263. The average Bonchev–Trinajstić information content (AvgIpc) is 3.05. The molecule has 2 N–H and O–H groups in total. The van der Waals surface area contributed by atoms with E-state index in [-0.39, 0.29) is 0 Å². The zero-order chi connectivity index (χ0) is 13.2. The van der Waals surface area contributed by atoms with Gasteiger partial charge in [-0.3, -0.25) is 0 Å². The van der Waals surface area contributed by atoms with Crippen molar-refractivity contribution in [2.45, 2.75) is 38.8 Å². The lowest BCUT2D eigenvalue weighted by Crippen LogP contribution is -2.31. The van der Waals surface area contributed by atoms with Crippen LogP contribution in [0.3, 0.4) is 0 Å². The third-order valence-corrected chi connectivity index (χ3v) is 4.23. The molecule has 19 heavy (non-hydrogen) atoms. The molecule has 1 unspecified atom stereocenters. The predicted octanol–water partition coefficient (Wildman–Crippen LogP) is 1.82. The summed E-state index contributed by atoms with van der Waals surface area (Å²) in [6.07, 6.45) is 7.72. The van der Waals surface area contributed by atoms with Gasteiger partial charge in [0.25, 0.3) is 0 Å². The van der Waals surface area contributed by atoms with Gasteiger partial charge in [-0.2, -0.15) is 0 Å². The first-order valence-electron chi connectivity index (χ1n) is 7.20. The van der Waals surface area contributed by atoms with Crippen molar-refractivity contribution >= 4 is 5.52 Å². The molecular weight excluding hydrogens is 236 g/mol. The molecule has 4 nitrogen and oxygen atoms in total. The van der Waals surface area contributed by atoms with Crippen LogP contribution in [0.15, 0.2) is 24.5 Å². The van der Waals surface area contributed by atoms with Crippen LogP contribution in [0, 0.1) is 0 Å². The fourth-order valence-corrected chi connectivity index (χ4v) is 3.13. The Bertz CT molecular complexity index is 560. The zero-order valence-electron chi connectivity index (χ0n) is 11.5. The van der Waals surface area contributed by atoms with E-state index >= 15 is 0 Å². The van der Waals surface area contributed by atoms with E-state index in [9.17, 15) is 0 Å². The monoisotopic (exact) mass is 258 g/mol. The quantitative estimate of drug-likeness (QED) is 0.910. The molecule has 1 fully saturated rings. The molecular formula is C15H22N4. The number of hydrogen-bond donors (Lipinski definition) is 1. The first-order valence-corrected chi connectivity index (χ1v) is 7.20. The van der Waals surface area contributed by atoms with Gasteiger partial charge in [-0.05, 0) is 43.6 Å². The minimum absolute atomic E-state index is 0.587. The first kappa shape index (κ1) is 12.6. The van der Waals surface area contributed by atoms with Gasteiger partial charge in [0.15, 0.2) is 0 Å². The smallest absolute Gasteiger partial charge is 0.114 e. The maximum Gasteiger partial charge on any atom is 0.114 e. The number of likely N-dealkylation sites (N-methyl/N-ethyl adjacent to an activating group) is 1. The summed E-state index contributed by atoms with van der Waals surface area (Å²) in [4.78, 5) is 7.16. The van der Waals surface area contributed by atoms with Crippen LogP contribution in [0.4, 0.5) is 0 Å². The molecule has 0 aromatic carbocycles. The Morgan fingerprint density at radius 2 is 2.37 bits per heavy atom. The van der Waals surface area contributed by atoms with Crippen LogP contribution in [0.1, 0.15) is 31.2 Å². The van der Waals surface area contributed by atoms with Crippen LogP contribution >= 0.6 is 0 Å². The SMILES string of the molecule is CCN1CCCC1Cc1ncc2cc(CN)ccn12. The fourth-order valence-electron chi connectivity index (χ4n) is 3.13. The normalized spacial score (nSPS) is 20.4. The van der Waals surface area contributed by atoms with Crippen molar-refractivity contribution < 1.29 is 0 Å². The summed E-state index contributed by atoms with van der Waals surface area (Å²) in [5.41, 5.74) is 7.99. The van der Waals surface area contributed by atoms with Gasteiger partial charge in [0, 0.05) is 25.2 Å². The van der Waals surface area contributed by atoms with E-state index in [0.29, 0.717) is 12.6 Å². The van der Waals surface area contributed by atoms with Gasteiger partial charge in [-0.15, -0.1) is 0 Å². The minimum atomic E-state index is 0.587. The second-order valence-corrected chi connectivity index (χ2v) is 5.34. The fraction of sp³-hybridized carbons (Fsp3) is 0.533. The first-order chi connectivity index (χ1) is 9.31. The van der Waals surface area contributed by atoms with Crippen LogP contribution in [-0.2, 0) is 13.0 Å². The summed E-state index contributed by atoms with van der Waals surface area (Å²) >= 11 is 0. The molecule has 3 rings (SSSR count). The number of likely N-dealkylation sites (tertiary alicyclic amines) is 1. The molecule has 1 saturated heterocycles. The van der Waals surface area contributed by atoms with E-state index in [1.165, 1.54) is 25.2 Å². The third-order valence-electron chi connectivity index (χ3n) is 4.23. The van der Waals surface area contributed by atoms with Crippen LogP contribution in [-0.4, -0.2) is 33.4 Å². The van der Waals surface area contributed by atoms with E-state index in [4.69, 9.17) is 5.73 Å². The Morgan fingerprint density at radius 1 is 1.47 bits per heavy atom. The molecule has 4 heteroatoms. The van der Waals surface area contributed by atoms with Crippen molar-refractivity contribution in [3.63, 3.8) is 0 Å². The second-order valence-electron chi connectivity index (χ2n) is 5.34. The highest BCUT2D eigenvalue weighted by Crippen LogP contribution is 2.21. The molecule has 0 spiro atoms. The van der Waals surface area contributed by atoms with Crippen LogP contribution in [0.2, 0.25) is 0 Å². The van der Waals surface area contributed by atoms with Crippen LogP contribution < -0.4 is 5.73 Å². The molecule has 0 aliphatic carbocycles. The maximum absolute atomic E-state index is 5.68. The third kappa shape index (κ3) is 2.38. The highest BCUT2D eigenvalue weighted by atomic mass is 15.2. The van der Waals surface area contributed by atoms with E-state index in [1.807, 2.05) is 6.20 Å². The summed E-state index contributed by atoms with van der Waals surface area (Å²) in [6.45, 7) is 5.21. The summed E-state index contributed by atoms with van der Waals surface area (Å²) in [5, 5.41) is 0. The van der Waals surface area contributed by atoms with E-state index < -0.39 is 0 Å². The molecule has 2 aromatic heterocycles. The number of imidazole rings is 1. The molecule has 0 radical (unpaired) electrons. The van der Waals surface area contributed by atoms with Crippen molar-refractivity contribution in [1.29, 1.82) is 0 Å². The summed E-state index contributed by atoms with van der Waals surface area (Å²) in [5.74, 6) is 1.17. The predicted molar refractivity (Wildman–Crippen MR) is 77.1 cm³/mol. The molecule has 3 heterocycles. The Balaban J connectivity index is 1.85. The highest BCUT2D eigenvalue weighted by molar-refractivity contribution is 5.48. The van der Waals surface area contributed by atoms with Crippen molar-refractivity contribution in [3.8, 4) is 0 Å². The molecule has 1 atom stereocenters. The standard InChI is InChI=1S/C15H22N4/c1-2-18-6-3-4-13(18)9-15-17-11-14-8-12(10-16)5-7-19(14)15/h5,7-8,11,13H,2-4,6,9-10,16H2,1H3. The van der Waals surface area contributed by atoms with Crippen LogP contribution in [0.5, 0.6) is 0 Å². The van der Waals surface area contributed by atoms with E-state index in [0.717, 1.165) is 24.0 Å². The lowest BCUT2D eigenvalue weighted by Gasteiger charge is -2.22. The summed E-state index contributed by atoms with van der Waals surface area (Å²) in [6, 6.07) is 4.87. The summed E-state index contributed by atoms with van der Waals surface area (Å²) in [7, 11) is 0. The minimum Gasteiger partial charge on any atom is -0.326 e. The Morgan fingerprint density at radius 3 is 3.16 bits per heavy atom. The van der Waals surface area contributed by atoms with Gasteiger partial charge in [0.1, 0.15) is 5.82 Å². The largest absolute Gasteiger partial charge is 0.326 e. The van der Waals surface area contributed by atoms with E-state index in [2.05, 4.69) is 39.5 Å². The Labute approximate surface area is 114 Å². The summed E-state index contributed by atoms with van der Waals surface area (Å²) < 4.78 is 2.20. The van der Waals surface area contributed by atoms with Gasteiger partial charge in [-0.25, -0.2) is 4.98 Å². The highest BCUT2D eigenvalue weighted by Gasteiger charge is 2.24. The number of fused-ring (bicyclic) bond motifs is 1. The van der Waals surface area contributed by atoms with Gasteiger partial charge in [-0.1, -0.05) is 6.92 Å². The average molecular weight is 258 g/mol. The zero-order valence-corrected chi connectivity index (χ0v) is 11.5. The number of pyridine rings is 1. The van der Waals surface area contributed by atoms with Gasteiger partial charge >= 0.3 is 0 Å². The molecule has 0 amide bonds. The van der Waals surface area contributed by atoms with E-state index in [1.54, 1.807) is 0 Å². The Kier molecular flexibility index (Phi) is 3.53. The number of hydrogen-bond acceptors (Lipinski definition) is 3. The van der Waals surface area contributed by atoms with Crippen molar-refractivity contribution in [2.75, 3.05) is 13.1 Å². The maximum atomic E-state index is 5.68. The molecule has 102 valence electrons. The second kappa shape index (κ2) is 5.31. The molecule has 0 saturated carbocycles. The van der Waals surface area contributed by atoms with Gasteiger partial charge < -0.3 is 15.0 Å². The van der Waals surface area contributed by atoms with Crippen LogP contribution in [0.25, 0.3) is 5.52 Å². The number of rotatable bonds is 4. The van der Waals surface area contributed by atoms with Gasteiger partial charge in [0.2, 0.25) is 0 Å². The molecule has 1 aliphatic heterocycles. The molecule has 1 aliphatic rings. The number of nitrogens with two attached hydrogens (primary N) is 1. The Hall–Kier alpha value is -1.39. The van der Waals surface area contributed by atoms with Crippen molar-refractivity contribution in [1.82, 2.24) is 14.3 Å². The number of aromatic nitrogens is 2.